The molecule has 5 heteroatoms. The van der Waals surface area contributed by atoms with E-state index in [1.165, 1.54) is 0 Å². The Morgan fingerprint density at radius 3 is 2.82 bits per heavy atom. The van der Waals surface area contributed by atoms with Gasteiger partial charge in [-0.15, -0.1) is 0 Å². The minimum atomic E-state index is -0.0211. The number of nitrogens with two attached hydrogens (primary N) is 1. The quantitative estimate of drug-likeness (QED) is 0.808. The third-order valence-electron chi connectivity index (χ3n) is 2.07. The lowest BCUT2D eigenvalue weighted by Gasteiger charge is -2.09. The van der Waals surface area contributed by atoms with Crippen molar-refractivity contribution in [3.05, 3.63) is 23.2 Å². The van der Waals surface area contributed by atoms with Gasteiger partial charge in [-0.3, -0.25) is 4.79 Å². The highest BCUT2D eigenvalue weighted by atomic mass is 35.5. The molecule has 0 heterocycles. The Kier molecular flexibility index (Phi) is 5.65. The van der Waals surface area contributed by atoms with Crippen molar-refractivity contribution >= 4 is 40.6 Å². The minimum absolute atomic E-state index is 0.0211. The second kappa shape index (κ2) is 6.77. The first-order chi connectivity index (χ1) is 7.99. The predicted octanol–water partition coefficient (Wildman–Crippen LogP) is 3.39. The fourth-order valence-electron chi connectivity index (χ4n) is 1.25. The first-order valence-corrected chi connectivity index (χ1v) is 6.88. The number of carbonyl (C=O) groups excluding carboxylic acids is 1. The molecular weight excluding hydrogens is 256 g/mol. The molecule has 0 saturated carbocycles. The normalized spacial score (nSPS) is 10.6. The molecule has 0 aliphatic rings. The largest absolute Gasteiger partial charge is 0.397 e. The molecule has 0 saturated heterocycles. The summed E-state index contributed by atoms with van der Waals surface area (Å²) in [7, 11) is 0. The van der Waals surface area contributed by atoms with Gasteiger partial charge < -0.3 is 11.1 Å². The van der Waals surface area contributed by atoms with Crippen molar-refractivity contribution < 1.29 is 4.79 Å². The van der Waals surface area contributed by atoms with Crippen molar-refractivity contribution in [2.45, 2.75) is 25.5 Å². The Bertz CT molecular complexity index is 396. The lowest BCUT2D eigenvalue weighted by molar-refractivity contribution is -0.115. The molecule has 0 aliphatic carbocycles. The summed E-state index contributed by atoms with van der Waals surface area (Å²) >= 11 is 7.54. The van der Waals surface area contributed by atoms with Crippen LogP contribution in [0.3, 0.4) is 0 Å². The number of amides is 1. The summed E-state index contributed by atoms with van der Waals surface area (Å²) in [4.78, 5) is 11.6. The van der Waals surface area contributed by atoms with Gasteiger partial charge in [0.05, 0.1) is 11.4 Å². The van der Waals surface area contributed by atoms with Gasteiger partial charge in [0.25, 0.3) is 0 Å². The van der Waals surface area contributed by atoms with E-state index in [1.54, 1.807) is 30.0 Å². The van der Waals surface area contributed by atoms with E-state index in [9.17, 15) is 4.79 Å². The average Bonchev–Trinajstić information content (AvgIpc) is 2.21. The van der Waals surface area contributed by atoms with E-state index >= 15 is 0 Å². The summed E-state index contributed by atoms with van der Waals surface area (Å²) in [6, 6.07) is 5.04. The number of carbonyl (C=O) groups is 1. The van der Waals surface area contributed by atoms with Crippen molar-refractivity contribution in [1.29, 1.82) is 0 Å². The number of thioether (sulfide) groups is 1. The molecule has 1 rings (SSSR count). The molecule has 0 unspecified atom stereocenters. The fourth-order valence-corrected chi connectivity index (χ4v) is 2.20. The van der Waals surface area contributed by atoms with E-state index in [-0.39, 0.29) is 5.91 Å². The monoisotopic (exact) mass is 272 g/mol. The third kappa shape index (κ3) is 5.33. The van der Waals surface area contributed by atoms with Crippen LogP contribution in [0.5, 0.6) is 0 Å². The molecule has 0 radical (unpaired) electrons. The first-order valence-electron chi connectivity index (χ1n) is 5.45. The first kappa shape index (κ1) is 14.2. The Hall–Kier alpha value is -0.870. The van der Waals surface area contributed by atoms with E-state index in [0.717, 1.165) is 5.75 Å². The van der Waals surface area contributed by atoms with Gasteiger partial charge in [0, 0.05) is 17.2 Å². The van der Waals surface area contributed by atoms with Crippen LogP contribution in [0.4, 0.5) is 11.4 Å². The summed E-state index contributed by atoms with van der Waals surface area (Å²) in [5, 5.41) is 3.89. The topological polar surface area (TPSA) is 55.1 Å². The maximum atomic E-state index is 11.6. The minimum Gasteiger partial charge on any atom is -0.397 e. The molecule has 94 valence electrons. The van der Waals surface area contributed by atoms with Gasteiger partial charge in [0.1, 0.15) is 0 Å². The van der Waals surface area contributed by atoms with Gasteiger partial charge in [0.2, 0.25) is 5.91 Å². The number of halogens is 1. The van der Waals surface area contributed by atoms with Crippen LogP contribution < -0.4 is 11.1 Å². The van der Waals surface area contributed by atoms with Crippen LogP contribution in [0.15, 0.2) is 18.2 Å². The van der Waals surface area contributed by atoms with Crippen molar-refractivity contribution in [3.63, 3.8) is 0 Å². The van der Waals surface area contributed by atoms with Crippen molar-refractivity contribution in [1.82, 2.24) is 0 Å². The molecule has 1 aromatic carbocycles. The number of rotatable bonds is 5. The number of nitrogens with one attached hydrogen (secondary N) is 1. The number of nitrogen functional groups attached to an aromatic ring is 1. The third-order valence-corrected chi connectivity index (χ3v) is 3.41. The molecule has 0 spiro atoms. The summed E-state index contributed by atoms with van der Waals surface area (Å²) in [5.41, 5.74) is 6.85. The van der Waals surface area contributed by atoms with E-state index < -0.39 is 0 Å². The van der Waals surface area contributed by atoms with Gasteiger partial charge in [-0.25, -0.2) is 0 Å². The highest BCUT2D eigenvalue weighted by Crippen LogP contribution is 2.22. The van der Waals surface area contributed by atoms with E-state index in [1.807, 2.05) is 0 Å². The maximum Gasteiger partial charge on any atom is 0.225 e. The maximum absolute atomic E-state index is 11.6. The zero-order valence-electron chi connectivity index (χ0n) is 10.00. The smallest absolute Gasteiger partial charge is 0.225 e. The van der Waals surface area contributed by atoms with E-state index in [4.69, 9.17) is 17.3 Å². The molecule has 0 atom stereocenters. The molecule has 0 aromatic heterocycles. The Balaban J connectivity index is 2.45. The highest BCUT2D eigenvalue weighted by molar-refractivity contribution is 7.99. The summed E-state index contributed by atoms with van der Waals surface area (Å²) in [6.07, 6.45) is 0.491. The van der Waals surface area contributed by atoms with Gasteiger partial charge in [-0.2, -0.15) is 11.8 Å². The standard InChI is InChI=1S/C12H17ClN2OS/c1-8(2)17-6-5-12(16)15-11-4-3-9(13)7-10(11)14/h3-4,7-8H,5-6,14H2,1-2H3,(H,15,16). The number of benzene rings is 1. The van der Waals surface area contributed by atoms with Crippen molar-refractivity contribution in [2.24, 2.45) is 0 Å². The zero-order valence-corrected chi connectivity index (χ0v) is 11.6. The zero-order chi connectivity index (χ0) is 12.8. The molecule has 1 amide bonds. The molecular formula is C12H17ClN2OS. The Morgan fingerprint density at radius 2 is 2.24 bits per heavy atom. The molecule has 0 aliphatic heterocycles. The molecule has 3 N–H and O–H groups in total. The van der Waals surface area contributed by atoms with E-state index in [0.29, 0.717) is 28.1 Å². The van der Waals surface area contributed by atoms with E-state index in [2.05, 4.69) is 19.2 Å². The predicted molar refractivity (Wildman–Crippen MR) is 76.7 cm³/mol. The molecule has 17 heavy (non-hydrogen) atoms. The van der Waals surface area contributed by atoms with Gasteiger partial charge >= 0.3 is 0 Å². The second-order valence-electron chi connectivity index (χ2n) is 3.95. The SMILES string of the molecule is CC(C)SCCC(=O)Nc1ccc(Cl)cc1N. The average molecular weight is 273 g/mol. The van der Waals surface area contributed by atoms with Crippen LogP contribution in [0.1, 0.15) is 20.3 Å². The Morgan fingerprint density at radius 1 is 1.53 bits per heavy atom. The van der Waals surface area contributed by atoms with Crippen LogP contribution in [0.25, 0.3) is 0 Å². The Labute approximate surface area is 111 Å². The lowest BCUT2D eigenvalue weighted by atomic mass is 10.2. The number of anilines is 2. The molecule has 1 aromatic rings. The summed E-state index contributed by atoms with van der Waals surface area (Å²) < 4.78 is 0. The van der Waals surface area contributed by atoms with Crippen LogP contribution in [-0.2, 0) is 4.79 Å². The van der Waals surface area contributed by atoms with Gasteiger partial charge in [0.15, 0.2) is 0 Å². The fraction of sp³-hybridized carbons (Fsp3) is 0.417. The van der Waals surface area contributed by atoms with Gasteiger partial charge in [-0.1, -0.05) is 25.4 Å². The molecule has 0 bridgehead atoms. The second-order valence-corrected chi connectivity index (χ2v) is 6.07. The van der Waals surface area contributed by atoms with Crippen LogP contribution in [-0.4, -0.2) is 16.9 Å². The van der Waals surface area contributed by atoms with Crippen LogP contribution >= 0.6 is 23.4 Å². The highest BCUT2D eigenvalue weighted by Gasteiger charge is 2.06. The summed E-state index contributed by atoms with van der Waals surface area (Å²) in [6.45, 7) is 4.22. The number of hydrogen-bond acceptors (Lipinski definition) is 3. The molecule has 0 fully saturated rings. The van der Waals surface area contributed by atoms with Crippen LogP contribution in [0, 0.1) is 0 Å². The summed E-state index contributed by atoms with van der Waals surface area (Å²) in [5.74, 6) is 0.795. The van der Waals surface area contributed by atoms with Crippen molar-refractivity contribution in [3.8, 4) is 0 Å². The van der Waals surface area contributed by atoms with Gasteiger partial charge in [-0.05, 0) is 23.4 Å². The van der Waals surface area contributed by atoms with Crippen molar-refractivity contribution in [2.75, 3.05) is 16.8 Å². The number of hydrogen-bond donors (Lipinski definition) is 2. The molecule has 3 nitrogen and oxygen atoms in total. The van der Waals surface area contributed by atoms with Crippen LogP contribution in [0.2, 0.25) is 5.02 Å². The lowest BCUT2D eigenvalue weighted by Crippen LogP contribution is -2.13.